The summed E-state index contributed by atoms with van der Waals surface area (Å²) in [6.45, 7) is 5.21. The van der Waals surface area contributed by atoms with Gasteiger partial charge in [0.2, 0.25) is 0 Å². The molecule has 0 radical (unpaired) electrons. The third kappa shape index (κ3) is 2.85. The molecule has 1 aliphatic rings. The molecule has 1 aliphatic heterocycles. The quantitative estimate of drug-likeness (QED) is 0.874. The maximum atomic E-state index is 13.9. The second-order valence-corrected chi connectivity index (χ2v) is 6.67. The number of nitrogens with one attached hydrogen (secondary N) is 1. The highest BCUT2D eigenvalue weighted by atomic mass is 79.9. The maximum absolute atomic E-state index is 13.9. The van der Waals surface area contributed by atoms with Gasteiger partial charge < -0.3 is 5.32 Å². The summed E-state index contributed by atoms with van der Waals surface area (Å²) in [7, 11) is 0. The van der Waals surface area contributed by atoms with Gasteiger partial charge >= 0.3 is 0 Å². The summed E-state index contributed by atoms with van der Waals surface area (Å²) in [5.74, 6) is 0.691. The Morgan fingerprint density at radius 3 is 3.00 bits per heavy atom. The Bertz CT molecular complexity index is 411. The fraction of sp³-hybridized carbons (Fsp3) is 0.538. The minimum Gasteiger partial charge on any atom is -0.310 e. The van der Waals surface area contributed by atoms with E-state index in [2.05, 4.69) is 35.1 Å². The van der Waals surface area contributed by atoms with Crippen LogP contribution in [-0.4, -0.2) is 11.8 Å². The first-order valence-corrected chi connectivity index (χ1v) is 7.79. The van der Waals surface area contributed by atoms with Crippen LogP contribution in [0.15, 0.2) is 16.6 Å². The molecule has 94 valence electrons. The molecule has 1 nitrogen and oxygen atoms in total. The Hall–Kier alpha value is -0.0600. The molecule has 1 aromatic rings. The van der Waals surface area contributed by atoms with E-state index in [4.69, 9.17) is 0 Å². The smallest absolute Gasteiger partial charge is 0.127 e. The van der Waals surface area contributed by atoms with Crippen molar-refractivity contribution in [1.29, 1.82) is 0 Å². The number of rotatable bonds is 2. The van der Waals surface area contributed by atoms with Crippen LogP contribution in [0.1, 0.15) is 37.4 Å². The number of fused-ring (bicyclic) bond motifs is 1. The zero-order valence-electron chi connectivity index (χ0n) is 10.1. The van der Waals surface area contributed by atoms with Crippen molar-refractivity contribution in [2.24, 2.45) is 0 Å². The molecule has 0 saturated heterocycles. The summed E-state index contributed by atoms with van der Waals surface area (Å²) in [5.41, 5.74) is 1.98. The van der Waals surface area contributed by atoms with Gasteiger partial charge in [-0.25, -0.2) is 4.39 Å². The zero-order valence-corrected chi connectivity index (χ0v) is 12.5. The van der Waals surface area contributed by atoms with Gasteiger partial charge in [0, 0.05) is 27.1 Å². The summed E-state index contributed by atoms with van der Waals surface area (Å²) in [6, 6.07) is 3.63. The first-order valence-electron chi connectivity index (χ1n) is 5.95. The molecular formula is C13H17BrFNS. The molecule has 2 unspecified atom stereocenters. The molecule has 1 aromatic carbocycles. The van der Waals surface area contributed by atoms with Gasteiger partial charge in [0.1, 0.15) is 5.82 Å². The van der Waals surface area contributed by atoms with Crippen LogP contribution >= 0.6 is 27.7 Å². The summed E-state index contributed by atoms with van der Waals surface area (Å²) >= 11 is 5.40. The molecule has 0 fully saturated rings. The van der Waals surface area contributed by atoms with E-state index in [9.17, 15) is 4.39 Å². The molecule has 0 bridgehead atoms. The normalized spacial score (nSPS) is 24.2. The van der Waals surface area contributed by atoms with E-state index in [0.717, 1.165) is 34.3 Å². The average molecular weight is 318 g/mol. The van der Waals surface area contributed by atoms with Gasteiger partial charge in [-0.15, -0.1) is 0 Å². The first kappa shape index (κ1) is 13.4. The van der Waals surface area contributed by atoms with E-state index in [-0.39, 0.29) is 11.9 Å². The van der Waals surface area contributed by atoms with Gasteiger partial charge in [0.15, 0.2) is 0 Å². The Morgan fingerprint density at radius 2 is 2.29 bits per heavy atom. The Balaban J connectivity index is 2.47. The average Bonchev–Trinajstić information content (AvgIpc) is 2.45. The molecule has 0 spiro atoms. The van der Waals surface area contributed by atoms with E-state index < -0.39 is 0 Å². The van der Waals surface area contributed by atoms with E-state index in [0.29, 0.717) is 5.25 Å². The van der Waals surface area contributed by atoms with Crippen molar-refractivity contribution in [2.75, 3.05) is 6.54 Å². The van der Waals surface area contributed by atoms with Crippen molar-refractivity contribution >= 4 is 27.7 Å². The van der Waals surface area contributed by atoms with E-state index >= 15 is 0 Å². The molecule has 1 N–H and O–H groups in total. The van der Waals surface area contributed by atoms with E-state index in [1.165, 1.54) is 0 Å². The number of thioether (sulfide) groups is 1. The molecule has 0 amide bonds. The lowest BCUT2D eigenvalue weighted by Gasteiger charge is -2.21. The van der Waals surface area contributed by atoms with E-state index in [1.54, 1.807) is 6.07 Å². The number of hydrogen-bond donors (Lipinski definition) is 1. The third-order valence-corrected chi connectivity index (χ3v) is 5.03. The maximum Gasteiger partial charge on any atom is 0.127 e. The Kier molecular flexibility index (Phi) is 4.50. The van der Waals surface area contributed by atoms with Gasteiger partial charge in [0.05, 0.1) is 0 Å². The van der Waals surface area contributed by atoms with Crippen molar-refractivity contribution in [3.05, 3.63) is 33.5 Å². The van der Waals surface area contributed by atoms with Crippen molar-refractivity contribution in [3.63, 3.8) is 0 Å². The van der Waals surface area contributed by atoms with Crippen molar-refractivity contribution in [3.8, 4) is 0 Å². The number of hydrogen-bond acceptors (Lipinski definition) is 2. The molecule has 1 heterocycles. The molecule has 0 saturated carbocycles. The fourth-order valence-corrected chi connectivity index (χ4v) is 4.03. The Morgan fingerprint density at radius 1 is 1.53 bits per heavy atom. The van der Waals surface area contributed by atoms with Gasteiger partial charge in [0.25, 0.3) is 0 Å². The van der Waals surface area contributed by atoms with E-state index in [1.807, 2.05) is 17.8 Å². The monoisotopic (exact) mass is 317 g/mol. The minimum atomic E-state index is -0.0762. The number of benzene rings is 1. The van der Waals surface area contributed by atoms with Gasteiger partial charge in [-0.3, -0.25) is 0 Å². The second-order valence-electron chi connectivity index (χ2n) is 4.39. The third-order valence-electron chi connectivity index (χ3n) is 3.13. The summed E-state index contributed by atoms with van der Waals surface area (Å²) < 4.78 is 14.9. The second kappa shape index (κ2) is 5.72. The topological polar surface area (TPSA) is 12.0 Å². The molecule has 0 aliphatic carbocycles. The van der Waals surface area contributed by atoms with Crippen molar-refractivity contribution in [1.82, 2.24) is 5.32 Å². The van der Waals surface area contributed by atoms with Crippen LogP contribution < -0.4 is 5.32 Å². The summed E-state index contributed by atoms with van der Waals surface area (Å²) in [6.07, 6.45) is 1.05. The minimum absolute atomic E-state index is 0.0762. The molecule has 2 rings (SSSR count). The van der Waals surface area contributed by atoms with Crippen LogP contribution in [0.2, 0.25) is 0 Å². The van der Waals surface area contributed by atoms with Crippen LogP contribution in [0.25, 0.3) is 0 Å². The standard InChI is InChI=1S/C13H17BrFNS/c1-3-16-12-6-8(2)17-7-9-11(15)5-4-10(14)13(9)12/h4-5,8,12,16H,3,6-7H2,1-2H3. The van der Waals surface area contributed by atoms with Crippen LogP contribution in [0.5, 0.6) is 0 Å². The summed E-state index contributed by atoms with van der Waals surface area (Å²) in [4.78, 5) is 0. The zero-order chi connectivity index (χ0) is 12.4. The lowest BCUT2D eigenvalue weighted by atomic mass is 9.97. The molecule has 2 atom stereocenters. The largest absolute Gasteiger partial charge is 0.310 e. The van der Waals surface area contributed by atoms with Crippen molar-refractivity contribution in [2.45, 2.75) is 37.3 Å². The summed E-state index contributed by atoms with van der Waals surface area (Å²) in [5, 5.41) is 4.02. The highest BCUT2D eigenvalue weighted by Crippen LogP contribution is 2.39. The molecule has 4 heteroatoms. The van der Waals surface area contributed by atoms with Gasteiger partial charge in [-0.05, 0) is 30.7 Å². The molecule has 17 heavy (non-hydrogen) atoms. The predicted octanol–water partition coefficient (Wildman–Crippen LogP) is 4.26. The van der Waals surface area contributed by atoms with Crippen LogP contribution in [-0.2, 0) is 5.75 Å². The van der Waals surface area contributed by atoms with Crippen LogP contribution in [0, 0.1) is 5.82 Å². The van der Waals surface area contributed by atoms with Crippen molar-refractivity contribution < 1.29 is 4.39 Å². The highest BCUT2D eigenvalue weighted by molar-refractivity contribution is 9.10. The highest BCUT2D eigenvalue weighted by Gasteiger charge is 2.26. The molecular weight excluding hydrogens is 301 g/mol. The first-order chi connectivity index (χ1) is 8.13. The van der Waals surface area contributed by atoms with Crippen LogP contribution in [0.4, 0.5) is 4.39 Å². The Labute approximate surface area is 115 Å². The fourth-order valence-electron chi connectivity index (χ4n) is 2.31. The number of halogens is 2. The predicted molar refractivity (Wildman–Crippen MR) is 75.9 cm³/mol. The van der Waals surface area contributed by atoms with Gasteiger partial charge in [-0.1, -0.05) is 29.8 Å². The lowest BCUT2D eigenvalue weighted by Crippen LogP contribution is -2.23. The SMILES string of the molecule is CCNC1CC(C)SCc2c(F)ccc(Br)c21. The van der Waals surface area contributed by atoms with Crippen LogP contribution in [0.3, 0.4) is 0 Å². The lowest BCUT2D eigenvalue weighted by molar-refractivity contribution is 0.508. The van der Waals surface area contributed by atoms with Gasteiger partial charge in [-0.2, -0.15) is 11.8 Å². The molecule has 0 aromatic heterocycles.